The summed E-state index contributed by atoms with van der Waals surface area (Å²) < 4.78 is 33.8. The fraction of sp³-hybridized carbons (Fsp3) is 0.294. The van der Waals surface area contributed by atoms with Crippen LogP contribution in [0.15, 0.2) is 119 Å². The van der Waals surface area contributed by atoms with Crippen LogP contribution in [0, 0.1) is 5.92 Å². The summed E-state index contributed by atoms with van der Waals surface area (Å²) in [6.07, 6.45) is 16.0. The molecular formula is C34H40N2O6Si2. The Labute approximate surface area is 262 Å². The Morgan fingerprint density at radius 3 is 1.57 bits per heavy atom. The van der Waals surface area contributed by atoms with E-state index >= 15 is 0 Å². The molecule has 0 saturated heterocycles. The van der Waals surface area contributed by atoms with Crippen molar-refractivity contribution in [3.05, 3.63) is 130 Å². The highest BCUT2D eigenvalue weighted by molar-refractivity contribution is 6.75. The molecule has 44 heavy (non-hydrogen) atoms. The lowest BCUT2D eigenvalue weighted by molar-refractivity contribution is 0.140. The summed E-state index contributed by atoms with van der Waals surface area (Å²) in [5.41, 5.74) is 9.17. The smallest absolute Gasteiger partial charge is 0.373 e. The molecule has 10 heteroatoms. The molecule has 0 amide bonds. The molecule has 0 bridgehead atoms. The largest absolute Gasteiger partial charge is 0.536 e. The summed E-state index contributed by atoms with van der Waals surface area (Å²) in [5.74, 6) is 0.276. The molecule has 0 saturated carbocycles. The molecule has 2 aromatic rings. The number of hydrogen-bond acceptors (Lipinski definition) is 8. The van der Waals surface area contributed by atoms with E-state index in [0.717, 1.165) is 30.0 Å². The van der Waals surface area contributed by atoms with Crippen molar-refractivity contribution in [2.75, 3.05) is 49.2 Å². The number of nitrogens with zero attached hydrogens (tertiary/aromatic N) is 2. The summed E-state index contributed by atoms with van der Waals surface area (Å²) in [7, 11) is 4.13. The summed E-state index contributed by atoms with van der Waals surface area (Å²) in [5, 5.41) is 1.90. The standard InChI is InChI=1S/C34H40N2O6Si2/c1-37-43(38-2,39-3)31-15-7-25(8-16-31)19-35-21-27-11-13-29-23-36(24-30-14-12-28(22-35)33(27)34(29)30)20-26-9-17-32(18-10-26)44(40-4,41-5)42-6/h7-18,21-23,33H,19-20,24H2,1-6H3. The van der Waals surface area contributed by atoms with Gasteiger partial charge in [0.15, 0.2) is 0 Å². The SMILES string of the molecule is CO[Si](OC)(OC)c1ccc(CN2C=C3C=CC4=CN(Cc5ccc([Si](OC)(OC)OC)cc5)CC5=C4C3C(=C2)C=C5)cc1. The minimum Gasteiger partial charge on any atom is -0.373 e. The van der Waals surface area contributed by atoms with Gasteiger partial charge in [-0.2, -0.15) is 0 Å². The van der Waals surface area contributed by atoms with Gasteiger partial charge in [-0.3, -0.25) is 0 Å². The van der Waals surface area contributed by atoms with Crippen molar-refractivity contribution in [2.24, 2.45) is 5.92 Å². The Morgan fingerprint density at radius 2 is 1.07 bits per heavy atom. The van der Waals surface area contributed by atoms with Crippen LogP contribution in [0.4, 0.5) is 0 Å². The van der Waals surface area contributed by atoms with Crippen molar-refractivity contribution in [1.82, 2.24) is 9.80 Å². The van der Waals surface area contributed by atoms with Crippen LogP contribution < -0.4 is 10.4 Å². The first-order valence-electron chi connectivity index (χ1n) is 14.7. The molecule has 2 aliphatic carbocycles. The molecule has 0 spiro atoms. The van der Waals surface area contributed by atoms with Gasteiger partial charge in [0.1, 0.15) is 0 Å². The maximum absolute atomic E-state index is 5.64. The van der Waals surface area contributed by atoms with Gasteiger partial charge < -0.3 is 36.4 Å². The van der Waals surface area contributed by atoms with Crippen molar-refractivity contribution >= 4 is 28.0 Å². The summed E-state index contributed by atoms with van der Waals surface area (Å²) in [6, 6.07) is 16.8. The zero-order chi connectivity index (χ0) is 30.9. The number of hydrogen-bond donors (Lipinski definition) is 0. The minimum absolute atomic E-state index is 0.276. The predicted molar refractivity (Wildman–Crippen MR) is 175 cm³/mol. The summed E-state index contributed by atoms with van der Waals surface area (Å²) >= 11 is 0. The first kappa shape index (κ1) is 30.7. The van der Waals surface area contributed by atoms with Crippen molar-refractivity contribution in [1.29, 1.82) is 0 Å². The van der Waals surface area contributed by atoms with Crippen molar-refractivity contribution in [3.8, 4) is 0 Å². The second-order valence-electron chi connectivity index (χ2n) is 11.2. The van der Waals surface area contributed by atoms with E-state index in [1.807, 2.05) is 0 Å². The van der Waals surface area contributed by atoms with E-state index in [0.29, 0.717) is 0 Å². The molecule has 2 heterocycles. The molecule has 1 unspecified atom stereocenters. The first-order chi connectivity index (χ1) is 21.4. The van der Waals surface area contributed by atoms with E-state index in [1.165, 1.54) is 39.0 Å². The summed E-state index contributed by atoms with van der Waals surface area (Å²) in [6.45, 7) is 2.46. The first-order valence-corrected chi connectivity index (χ1v) is 18.1. The van der Waals surface area contributed by atoms with Crippen LogP contribution in [0.5, 0.6) is 0 Å². The van der Waals surface area contributed by atoms with Crippen molar-refractivity contribution in [2.45, 2.75) is 13.1 Å². The highest BCUT2D eigenvalue weighted by Gasteiger charge is 2.42. The van der Waals surface area contributed by atoms with Gasteiger partial charge in [-0.25, -0.2) is 0 Å². The van der Waals surface area contributed by atoms with E-state index in [-0.39, 0.29) is 5.92 Å². The second-order valence-corrected chi connectivity index (χ2v) is 17.0. The topological polar surface area (TPSA) is 61.9 Å². The third-order valence-corrected chi connectivity index (χ3v) is 14.2. The zero-order valence-corrected chi connectivity index (χ0v) is 28.2. The third kappa shape index (κ3) is 5.42. The van der Waals surface area contributed by atoms with E-state index in [2.05, 4.69) is 101 Å². The van der Waals surface area contributed by atoms with Crippen molar-refractivity contribution in [3.63, 3.8) is 0 Å². The Morgan fingerprint density at radius 1 is 0.591 bits per heavy atom. The molecular weight excluding hydrogens is 589 g/mol. The average Bonchev–Trinajstić information content (AvgIpc) is 3.07. The molecule has 0 fully saturated rings. The van der Waals surface area contributed by atoms with Crippen LogP contribution in [-0.2, 0) is 39.6 Å². The molecule has 0 N–H and O–H groups in total. The lowest BCUT2D eigenvalue weighted by Gasteiger charge is -2.40. The van der Waals surface area contributed by atoms with Gasteiger partial charge in [-0.05, 0) is 39.0 Å². The molecule has 2 aliphatic heterocycles. The van der Waals surface area contributed by atoms with Gasteiger partial charge in [-0.1, -0.05) is 72.8 Å². The predicted octanol–water partition coefficient (Wildman–Crippen LogP) is 3.89. The highest BCUT2D eigenvalue weighted by atomic mass is 28.4. The number of benzene rings is 2. The van der Waals surface area contributed by atoms with Crippen LogP contribution in [-0.4, -0.2) is 76.6 Å². The zero-order valence-electron chi connectivity index (χ0n) is 26.2. The normalized spacial score (nSPS) is 19.1. The van der Waals surface area contributed by atoms with Gasteiger partial charge in [-0.15, -0.1) is 0 Å². The quantitative estimate of drug-likeness (QED) is 0.329. The van der Waals surface area contributed by atoms with Crippen molar-refractivity contribution < 1.29 is 26.6 Å². The van der Waals surface area contributed by atoms with Crippen LogP contribution >= 0.6 is 0 Å². The maximum atomic E-state index is 5.64. The van der Waals surface area contributed by atoms with Gasteiger partial charge >= 0.3 is 17.6 Å². The van der Waals surface area contributed by atoms with Crippen LogP contribution in [0.3, 0.4) is 0 Å². The molecule has 8 nitrogen and oxygen atoms in total. The maximum Gasteiger partial charge on any atom is 0.536 e. The molecule has 1 atom stereocenters. The van der Waals surface area contributed by atoms with Crippen LogP contribution in [0.2, 0.25) is 0 Å². The van der Waals surface area contributed by atoms with E-state index in [9.17, 15) is 0 Å². The highest BCUT2D eigenvalue weighted by Crippen LogP contribution is 2.47. The second kappa shape index (κ2) is 12.6. The van der Waals surface area contributed by atoms with Gasteiger partial charge in [0, 0.05) is 97.2 Å². The molecule has 6 rings (SSSR count). The Hall–Kier alpha value is -3.33. The molecule has 0 aromatic heterocycles. The summed E-state index contributed by atoms with van der Waals surface area (Å²) in [4.78, 5) is 4.67. The Balaban J connectivity index is 1.18. The van der Waals surface area contributed by atoms with E-state index in [1.54, 1.807) is 42.7 Å². The lowest BCUT2D eigenvalue weighted by atomic mass is 9.71. The van der Waals surface area contributed by atoms with E-state index in [4.69, 9.17) is 26.6 Å². The fourth-order valence-electron chi connectivity index (χ4n) is 6.66. The molecule has 230 valence electrons. The molecule has 0 radical (unpaired) electrons. The fourth-order valence-corrected chi connectivity index (χ4v) is 10.2. The Kier molecular flexibility index (Phi) is 8.78. The van der Waals surface area contributed by atoms with Crippen LogP contribution in [0.25, 0.3) is 0 Å². The Bertz CT molecular complexity index is 1550. The number of rotatable bonds is 12. The van der Waals surface area contributed by atoms with Gasteiger partial charge in [0.05, 0.1) is 0 Å². The van der Waals surface area contributed by atoms with E-state index < -0.39 is 17.6 Å². The molecule has 4 aliphatic rings. The lowest BCUT2D eigenvalue weighted by Crippen LogP contribution is -2.54. The van der Waals surface area contributed by atoms with Gasteiger partial charge in [0.2, 0.25) is 0 Å². The third-order valence-electron chi connectivity index (χ3n) is 8.85. The number of allylic oxidation sites excluding steroid dienone is 7. The monoisotopic (exact) mass is 628 g/mol. The van der Waals surface area contributed by atoms with Crippen LogP contribution in [0.1, 0.15) is 11.1 Å². The van der Waals surface area contributed by atoms with Gasteiger partial charge in [0.25, 0.3) is 0 Å². The minimum atomic E-state index is -2.84. The average molecular weight is 629 g/mol. The molecule has 2 aromatic carbocycles.